The first-order chi connectivity index (χ1) is 14.4. The lowest BCUT2D eigenvalue weighted by Crippen LogP contribution is -2.13. The number of halogens is 1. The highest BCUT2D eigenvalue weighted by Crippen LogP contribution is 2.31. The first-order valence-corrected chi connectivity index (χ1v) is 11.3. The predicted octanol–water partition coefficient (Wildman–Crippen LogP) is 5.39. The van der Waals surface area contributed by atoms with Crippen molar-refractivity contribution in [3.63, 3.8) is 0 Å². The fourth-order valence-corrected chi connectivity index (χ4v) is 4.79. The number of nitrogens with one attached hydrogen (secondary N) is 1. The molecule has 0 saturated heterocycles. The second-order valence-electron chi connectivity index (χ2n) is 6.81. The van der Waals surface area contributed by atoms with Crippen molar-refractivity contribution >= 4 is 60.4 Å². The van der Waals surface area contributed by atoms with Gasteiger partial charge in [-0.15, -0.1) is 0 Å². The number of nitrogens with zero attached hydrogens (tertiary/aromatic N) is 1. The molecule has 1 heterocycles. The SMILES string of the molecule is CCn1c2ccccc2c2cc(NS(=O)(=O)c3cccc(C=CC(=O)Cl)c3)ccc21. The van der Waals surface area contributed by atoms with Crippen molar-refractivity contribution in [1.29, 1.82) is 0 Å². The van der Waals surface area contributed by atoms with E-state index in [0.717, 1.165) is 28.4 Å². The van der Waals surface area contributed by atoms with Crippen LogP contribution in [0.15, 0.2) is 77.7 Å². The minimum absolute atomic E-state index is 0.0998. The van der Waals surface area contributed by atoms with E-state index in [4.69, 9.17) is 11.6 Å². The van der Waals surface area contributed by atoms with E-state index in [1.54, 1.807) is 18.2 Å². The third-order valence-electron chi connectivity index (χ3n) is 4.92. The quantitative estimate of drug-likeness (QED) is 0.324. The summed E-state index contributed by atoms with van der Waals surface area (Å²) in [6, 6.07) is 19.9. The van der Waals surface area contributed by atoms with Gasteiger partial charge in [-0.05, 0) is 66.6 Å². The summed E-state index contributed by atoms with van der Waals surface area (Å²) in [6.45, 7) is 2.90. The minimum atomic E-state index is -3.80. The molecule has 1 N–H and O–H groups in total. The molecule has 5 nitrogen and oxygen atoms in total. The topological polar surface area (TPSA) is 68.2 Å². The number of carbonyl (C=O) groups excluding carboxylic acids is 1. The Kier molecular flexibility index (Phi) is 5.37. The molecule has 0 atom stereocenters. The van der Waals surface area contributed by atoms with Gasteiger partial charge in [0, 0.05) is 34.0 Å². The van der Waals surface area contributed by atoms with Crippen molar-refractivity contribution in [2.45, 2.75) is 18.4 Å². The van der Waals surface area contributed by atoms with Gasteiger partial charge in [0.1, 0.15) is 0 Å². The summed E-state index contributed by atoms with van der Waals surface area (Å²) < 4.78 is 30.7. The van der Waals surface area contributed by atoms with Crippen LogP contribution < -0.4 is 4.72 Å². The van der Waals surface area contributed by atoms with Crippen molar-refractivity contribution in [3.8, 4) is 0 Å². The molecule has 152 valence electrons. The van der Waals surface area contributed by atoms with E-state index >= 15 is 0 Å². The summed E-state index contributed by atoms with van der Waals surface area (Å²) in [5.74, 6) is 0. The zero-order valence-corrected chi connectivity index (χ0v) is 17.7. The fourth-order valence-electron chi connectivity index (χ4n) is 3.62. The first-order valence-electron chi connectivity index (χ1n) is 9.40. The highest BCUT2D eigenvalue weighted by Gasteiger charge is 2.16. The van der Waals surface area contributed by atoms with Crippen LogP contribution in [-0.2, 0) is 21.4 Å². The maximum absolute atomic E-state index is 12.9. The van der Waals surface area contributed by atoms with Crippen molar-refractivity contribution in [2.75, 3.05) is 4.72 Å². The Morgan fingerprint density at radius 3 is 2.53 bits per heavy atom. The lowest BCUT2D eigenvalue weighted by atomic mass is 10.1. The summed E-state index contributed by atoms with van der Waals surface area (Å²) >= 11 is 5.31. The second kappa shape index (κ2) is 7.97. The molecule has 0 fully saturated rings. The van der Waals surface area contributed by atoms with Crippen LogP contribution in [0.2, 0.25) is 0 Å². The number of carbonyl (C=O) groups is 1. The lowest BCUT2D eigenvalue weighted by Gasteiger charge is -2.09. The Labute approximate surface area is 179 Å². The van der Waals surface area contributed by atoms with Crippen LogP contribution in [0.5, 0.6) is 0 Å². The van der Waals surface area contributed by atoms with E-state index < -0.39 is 15.3 Å². The molecule has 3 aromatic carbocycles. The standard InChI is InChI=1S/C23H19ClN2O3S/c1-2-26-21-9-4-3-8-19(21)20-15-17(11-12-22(20)26)25-30(28,29)18-7-5-6-16(14-18)10-13-23(24)27/h3-15,25H,2H2,1H3. The van der Waals surface area contributed by atoms with E-state index in [1.165, 1.54) is 24.3 Å². The first kappa shape index (κ1) is 20.2. The number of anilines is 1. The molecule has 7 heteroatoms. The average Bonchev–Trinajstić information content (AvgIpc) is 3.05. The van der Waals surface area contributed by atoms with E-state index in [-0.39, 0.29) is 4.90 Å². The zero-order chi connectivity index (χ0) is 21.3. The van der Waals surface area contributed by atoms with Crippen molar-refractivity contribution in [3.05, 3.63) is 78.4 Å². The van der Waals surface area contributed by atoms with E-state index in [1.807, 2.05) is 30.3 Å². The molecular formula is C23H19ClN2O3S. The van der Waals surface area contributed by atoms with Gasteiger partial charge in [-0.1, -0.05) is 36.4 Å². The van der Waals surface area contributed by atoms with Crippen molar-refractivity contribution in [2.24, 2.45) is 0 Å². The molecule has 0 radical (unpaired) electrons. The summed E-state index contributed by atoms with van der Waals surface area (Å²) in [4.78, 5) is 11.0. The predicted molar refractivity (Wildman–Crippen MR) is 122 cm³/mol. The number of allylic oxidation sites excluding steroid dienone is 1. The number of aryl methyl sites for hydroxylation is 1. The summed E-state index contributed by atoms with van der Waals surface area (Å²) in [7, 11) is -3.80. The summed E-state index contributed by atoms with van der Waals surface area (Å²) in [5, 5.41) is 1.44. The molecule has 4 rings (SSSR count). The van der Waals surface area contributed by atoms with Gasteiger partial charge in [0.15, 0.2) is 0 Å². The Bertz CT molecular complexity index is 1400. The smallest absolute Gasteiger partial charge is 0.261 e. The number of benzene rings is 3. The molecule has 0 bridgehead atoms. The number of rotatable bonds is 6. The van der Waals surface area contributed by atoms with E-state index in [0.29, 0.717) is 11.3 Å². The average molecular weight is 439 g/mol. The van der Waals surface area contributed by atoms with E-state index in [2.05, 4.69) is 22.3 Å². The van der Waals surface area contributed by atoms with Gasteiger partial charge < -0.3 is 4.57 Å². The third kappa shape index (κ3) is 3.84. The maximum atomic E-state index is 12.9. The zero-order valence-electron chi connectivity index (χ0n) is 16.2. The van der Waals surface area contributed by atoms with Crippen LogP contribution >= 0.6 is 11.6 Å². The van der Waals surface area contributed by atoms with Crippen LogP contribution in [0.3, 0.4) is 0 Å². The van der Waals surface area contributed by atoms with Gasteiger partial charge in [0.25, 0.3) is 10.0 Å². The normalized spacial score (nSPS) is 12.1. The van der Waals surface area contributed by atoms with Crippen molar-refractivity contribution in [1.82, 2.24) is 4.57 Å². The molecule has 4 aromatic rings. The molecule has 0 unspecified atom stereocenters. The van der Waals surface area contributed by atoms with Gasteiger partial charge in [0.2, 0.25) is 5.24 Å². The Balaban J connectivity index is 1.72. The lowest BCUT2D eigenvalue weighted by molar-refractivity contribution is -0.107. The Morgan fingerprint density at radius 1 is 1.00 bits per heavy atom. The summed E-state index contributed by atoms with van der Waals surface area (Å²) in [5.41, 5.74) is 3.22. The third-order valence-corrected chi connectivity index (χ3v) is 6.42. The monoisotopic (exact) mass is 438 g/mol. The number of fused-ring (bicyclic) bond motifs is 3. The maximum Gasteiger partial charge on any atom is 0.261 e. The number of hydrogen-bond donors (Lipinski definition) is 1. The Morgan fingerprint density at radius 2 is 1.77 bits per heavy atom. The van der Waals surface area contributed by atoms with Gasteiger partial charge in [-0.3, -0.25) is 9.52 Å². The molecule has 30 heavy (non-hydrogen) atoms. The van der Waals surface area contributed by atoms with Gasteiger partial charge >= 0.3 is 0 Å². The number of aromatic nitrogens is 1. The largest absolute Gasteiger partial charge is 0.341 e. The molecule has 0 aliphatic heterocycles. The molecule has 0 aliphatic rings. The van der Waals surface area contributed by atoms with Crippen molar-refractivity contribution < 1.29 is 13.2 Å². The fraction of sp³-hybridized carbons (Fsp3) is 0.0870. The molecule has 1 aromatic heterocycles. The number of hydrogen-bond acceptors (Lipinski definition) is 3. The number of para-hydroxylation sites is 1. The minimum Gasteiger partial charge on any atom is -0.341 e. The van der Waals surface area contributed by atoms with Crippen LogP contribution in [0.25, 0.3) is 27.9 Å². The van der Waals surface area contributed by atoms with Crippen LogP contribution in [0.4, 0.5) is 5.69 Å². The second-order valence-corrected chi connectivity index (χ2v) is 8.86. The molecule has 0 spiro atoms. The molecule has 0 aliphatic carbocycles. The molecular weight excluding hydrogens is 420 g/mol. The van der Waals surface area contributed by atoms with Gasteiger partial charge in [-0.2, -0.15) is 0 Å². The van der Waals surface area contributed by atoms with Gasteiger partial charge in [-0.25, -0.2) is 8.42 Å². The van der Waals surface area contributed by atoms with Crippen LogP contribution in [0, 0.1) is 0 Å². The highest BCUT2D eigenvalue weighted by molar-refractivity contribution is 7.92. The molecule has 0 saturated carbocycles. The van der Waals surface area contributed by atoms with E-state index in [9.17, 15) is 13.2 Å². The molecule has 0 amide bonds. The van der Waals surface area contributed by atoms with Crippen LogP contribution in [0.1, 0.15) is 12.5 Å². The summed E-state index contributed by atoms with van der Waals surface area (Å²) in [6.07, 6.45) is 2.65. The van der Waals surface area contributed by atoms with Gasteiger partial charge in [0.05, 0.1) is 4.90 Å². The highest BCUT2D eigenvalue weighted by atomic mass is 35.5. The van der Waals surface area contributed by atoms with Crippen LogP contribution in [-0.4, -0.2) is 18.2 Å². The Hall–Kier alpha value is -3.09. The number of sulfonamides is 1.